The zero-order valence-corrected chi connectivity index (χ0v) is 15.4. The highest BCUT2D eigenvalue weighted by atomic mass is 14.6. The largest absolute Gasteiger partial charge is 0.0670 e. The lowest BCUT2D eigenvalue weighted by atomic mass is 9.46. The van der Waals surface area contributed by atoms with Crippen LogP contribution in [0.4, 0.5) is 0 Å². The monoisotopic (exact) mass is 300 g/mol. The fraction of sp³-hybridized carbons (Fsp3) is 0.909. The number of fused-ring (bicyclic) bond motifs is 4. The Hall–Kier alpha value is -0.260. The van der Waals surface area contributed by atoms with Crippen molar-refractivity contribution in [2.75, 3.05) is 0 Å². The highest BCUT2D eigenvalue weighted by Crippen LogP contribution is 2.65. The van der Waals surface area contributed by atoms with Crippen molar-refractivity contribution < 1.29 is 0 Å². The van der Waals surface area contributed by atoms with E-state index in [4.69, 9.17) is 0 Å². The summed E-state index contributed by atoms with van der Waals surface area (Å²) >= 11 is 0. The lowest BCUT2D eigenvalue weighted by Crippen LogP contribution is -2.51. The van der Waals surface area contributed by atoms with Gasteiger partial charge in [0, 0.05) is 0 Å². The van der Waals surface area contributed by atoms with Crippen LogP contribution in [0, 0.1) is 34.5 Å². The van der Waals surface area contributed by atoms with Crippen LogP contribution in [0.15, 0.2) is 11.1 Å². The molecule has 0 radical (unpaired) electrons. The molecule has 0 aromatic rings. The van der Waals surface area contributed by atoms with Crippen LogP contribution in [0.5, 0.6) is 0 Å². The van der Waals surface area contributed by atoms with Crippen LogP contribution in [0.3, 0.4) is 0 Å². The zero-order valence-electron chi connectivity index (χ0n) is 15.4. The van der Waals surface area contributed by atoms with Gasteiger partial charge >= 0.3 is 0 Å². The molecule has 0 spiro atoms. The van der Waals surface area contributed by atoms with Crippen molar-refractivity contribution in [2.45, 2.75) is 91.9 Å². The molecule has 0 aromatic carbocycles. The Kier molecular flexibility index (Phi) is 3.55. The first kappa shape index (κ1) is 15.3. The lowest BCUT2D eigenvalue weighted by molar-refractivity contribution is -0.0727. The number of hydrogen-bond donors (Lipinski definition) is 0. The van der Waals surface area contributed by atoms with Crippen molar-refractivity contribution in [3.05, 3.63) is 11.1 Å². The van der Waals surface area contributed by atoms with Crippen LogP contribution in [0.2, 0.25) is 0 Å². The maximum Gasteiger partial charge on any atom is -0.0113 e. The molecule has 0 N–H and O–H groups in total. The molecule has 0 saturated heterocycles. The highest BCUT2D eigenvalue weighted by molar-refractivity contribution is 5.33. The van der Waals surface area contributed by atoms with E-state index < -0.39 is 0 Å². The SMILES string of the molecule is CC[C@]1(C)CCC2=C1CC[C@H]1[C@H]2CC[C@H]2CCC[C@H](C)[C@@]21C. The predicted molar refractivity (Wildman–Crippen MR) is 94.7 cm³/mol. The average molecular weight is 301 g/mol. The van der Waals surface area contributed by atoms with Gasteiger partial charge in [0.05, 0.1) is 0 Å². The molecule has 4 aliphatic rings. The topological polar surface area (TPSA) is 0 Å². The van der Waals surface area contributed by atoms with Gasteiger partial charge in [-0.25, -0.2) is 0 Å². The van der Waals surface area contributed by atoms with Gasteiger partial charge in [0.25, 0.3) is 0 Å². The first-order chi connectivity index (χ1) is 10.5. The van der Waals surface area contributed by atoms with E-state index in [1.165, 1.54) is 64.2 Å². The normalized spacial score (nSPS) is 51.3. The van der Waals surface area contributed by atoms with Crippen LogP contribution in [0.25, 0.3) is 0 Å². The Morgan fingerprint density at radius 1 is 1.00 bits per heavy atom. The molecule has 0 unspecified atom stereocenters. The van der Waals surface area contributed by atoms with Crippen LogP contribution < -0.4 is 0 Å². The van der Waals surface area contributed by atoms with Gasteiger partial charge in [-0.3, -0.25) is 0 Å². The Morgan fingerprint density at radius 3 is 2.59 bits per heavy atom. The first-order valence-electron chi connectivity index (χ1n) is 10.2. The van der Waals surface area contributed by atoms with E-state index in [9.17, 15) is 0 Å². The van der Waals surface area contributed by atoms with Gasteiger partial charge in [-0.1, -0.05) is 51.7 Å². The number of hydrogen-bond acceptors (Lipinski definition) is 0. The lowest BCUT2D eigenvalue weighted by Gasteiger charge is -2.59. The van der Waals surface area contributed by atoms with Crippen molar-refractivity contribution in [1.82, 2.24) is 0 Å². The summed E-state index contributed by atoms with van der Waals surface area (Å²) < 4.78 is 0. The first-order valence-corrected chi connectivity index (χ1v) is 10.2. The Bertz CT molecular complexity index is 486. The van der Waals surface area contributed by atoms with E-state index in [2.05, 4.69) is 27.7 Å². The second-order valence-electron chi connectivity index (χ2n) is 9.64. The van der Waals surface area contributed by atoms with E-state index in [0.717, 1.165) is 23.7 Å². The summed E-state index contributed by atoms with van der Waals surface area (Å²) in [5, 5.41) is 0. The molecule has 0 aromatic heterocycles. The summed E-state index contributed by atoms with van der Waals surface area (Å²) in [4.78, 5) is 0. The van der Waals surface area contributed by atoms with Gasteiger partial charge in [-0.2, -0.15) is 0 Å². The molecule has 124 valence electrons. The van der Waals surface area contributed by atoms with Gasteiger partial charge in [0.1, 0.15) is 0 Å². The number of rotatable bonds is 1. The minimum Gasteiger partial charge on any atom is -0.0670 e. The summed E-state index contributed by atoms with van der Waals surface area (Å²) in [5.74, 6) is 3.98. The zero-order chi connectivity index (χ0) is 15.5. The van der Waals surface area contributed by atoms with Crippen molar-refractivity contribution >= 4 is 0 Å². The molecule has 0 nitrogen and oxygen atoms in total. The third kappa shape index (κ3) is 1.88. The molecule has 4 rings (SSSR count). The third-order valence-electron chi connectivity index (χ3n) is 9.24. The maximum absolute atomic E-state index is 2.71. The van der Waals surface area contributed by atoms with Crippen molar-refractivity contribution in [2.24, 2.45) is 34.5 Å². The molecular weight excluding hydrogens is 264 g/mol. The second kappa shape index (κ2) is 5.12. The van der Waals surface area contributed by atoms with Gasteiger partial charge < -0.3 is 0 Å². The molecule has 4 aliphatic carbocycles. The highest BCUT2D eigenvalue weighted by Gasteiger charge is 2.55. The van der Waals surface area contributed by atoms with E-state index in [1.807, 2.05) is 11.1 Å². The van der Waals surface area contributed by atoms with Crippen LogP contribution in [-0.2, 0) is 0 Å². The fourth-order valence-electron chi connectivity index (χ4n) is 7.42. The van der Waals surface area contributed by atoms with Gasteiger partial charge in [-0.05, 0) is 85.9 Å². The maximum atomic E-state index is 2.71. The molecule has 0 amide bonds. The van der Waals surface area contributed by atoms with Crippen molar-refractivity contribution in [1.29, 1.82) is 0 Å². The van der Waals surface area contributed by atoms with Crippen LogP contribution in [0.1, 0.15) is 91.9 Å². The Labute approximate surface area is 138 Å². The molecule has 0 aliphatic heterocycles. The molecular formula is C22H36. The molecule has 0 heterocycles. The van der Waals surface area contributed by atoms with E-state index >= 15 is 0 Å². The van der Waals surface area contributed by atoms with E-state index in [1.54, 1.807) is 0 Å². The summed E-state index contributed by atoms with van der Waals surface area (Å²) in [6, 6.07) is 0. The van der Waals surface area contributed by atoms with E-state index in [0.29, 0.717) is 10.8 Å². The summed E-state index contributed by atoms with van der Waals surface area (Å²) in [5.41, 5.74) is 5.13. The molecule has 2 saturated carbocycles. The summed E-state index contributed by atoms with van der Waals surface area (Å²) in [7, 11) is 0. The summed E-state index contributed by atoms with van der Waals surface area (Å²) in [6.07, 6.45) is 14.8. The van der Waals surface area contributed by atoms with Crippen LogP contribution >= 0.6 is 0 Å². The molecule has 2 fully saturated rings. The summed E-state index contributed by atoms with van der Waals surface area (Å²) in [6.45, 7) is 10.3. The van der Waals surface area contributed by atoms with E-state index in [-0.39, 0.29) is 0 Å². The minimum absolute atomic E-state index is 0.566. The standard InChI is InChI=1S/C22H36/c1-5-21(3)14-13-18-17-10-9-16-8-6-7-15(2)22(16,4)20(17)12-11-19(18)21/h15-17,20H,5-14H2,1-4H3/t15-,16+,17-,20-,21+,22-/m0/s1. The van der Waals surface area contributed by atoms with Crippen molar-refractivity contribution in [3.63, 3.8) is 0 Å². The quantitative estimate of drug-likeness (QED) is 0.469. The number of allylic oxidation sites excluding steroid dienone is 2. The second-order valence-corrected chi connectivity index (χ2v) is 9.64. The average Bonchev–Trinajstić information content (AvgIpc) is 2.87. The Morgan fingerprint density at radius 2 is 1.82 bits per heavy atom. The smallest absolute Gasteiger partial charge is 0.0113 e. The van der Waals surface area contributed by atoms with Gasteiger partial charge in [0.15, 0.2) is 0 Å². The predicted octanol–water partition coefficient (Wildman–Crippen LogP) is 6.76. The van der Waals surface area contributed by atoms with Gasteiger partial charge in [0.2, 0.25) is 0 Å². The minimum atomic E-state index is 0.566. The Balaban J connectivity index is 1.70. The molecule has 0 heteroatoms. The van der Waals surface area contributed by atoms with Crippen LogP contribution in [-0.4, -0.2) is 0 Å². The molecule has 22 heavy (non-hydrogen) atoms. The van der Waals surface area contributed by atoms with Gasteiger partial charge in [-0.15, -0.1) is 0 Å². The molecule has 6 atom stereocenters. The molecule has 0 bridgehead atoms. The third-order valence-corrected chi connectivity index (χ3v) is 9.24. The van der Waals surface area contributed by atoms with Crippen molar-refractivity contribution in [3.8, 4) is 0 Å². The fourth-order valence-corrected chi connectivity index (χ4v) is 7.42.